The normalized spacial score (nSPS) is 10.7. The second-order valence-corrected chi connectivity index (χ2v) is 4.92. The molecule has 0 saturated carbocycles. The van der Waals surface area contributed by atoms with Gasteiger partial charge in [0.2, 0.25) is 0 Å². The largest absolute Gasteiger partial charge is 0.469 e. The quantitative estimate of drug-likeness (QED) is 0.580. The van der Waals surface area contributed by atoms with E-state index >= 15 is 0 Å². The van der Waals surface area contributed by atoms with E-state index in [0.717, 1.165) is 17.4 Å². The van der Waals surface area contributed by atoms with Gasteiger partial charge in [-0.2, -0.15) is 0 Å². The van der Waals surface area contributed by atoms with Crippen LogP contribution in [0.3, 0.4) is 0 Å². The molecular weight excluding hydrogens is 252 g/mol. The van der Waals surface area contributed by atoms with Crippen molar-refractivity contribution >= 4 is 22.4 Å². The molecule has 1 heterocycles. The summed E-state index contributed by atoms with van der Waals surface area (Å²) in [6.45, 7) is 5.42. The van der Waals surface area contributed by atoms with Gasteiger partial charge in [0.15, 0.2) is 5.13 Å². The van der Waals surface area contributed by atoms with Crippen molar-refractivity contribution in [3.63, 3.8) is 0 Å². The van der Waals surface area contributed by atoms with Gasteiger partial charge >= 0.3 is 5.97 Å². The Morgan fingerprint density at radius 3 is 3.00 bits per heavy atom. The lowest BCUT2D eigenvalue weighted by Crippen LogP contribution is -2.13. The topological polar surface area (TPSA) is 60.5 Å². The standard InChI is InChI=1S/C12H20N2O3S/c1-9(2)17-7-6-13-12-14-10(8-18-12)4-5-11(15)16-3/h8-9H,4-7H2,1-3H3,(H,13,14). The van der Waals surface area contributed by atoms with Gasteiger partial charge < -0.3 is 14.8 Å². The molecule has 5 nitrogen and oxygen atoms in total. The Kier molecular flexibility index (Phi) is 6.67. The molecule has 0 bridgehead atoms. The maximum Gasteiger partial charge on any atom is 0.305 e. The molecule has 1 rings (SSSR count). The Hall–Kier alpha value is -1.14. The molecule has 18 heavy (non-hydrogen) atoms. The lowest BCUT2D eigenvalue weighted by molar-refractivity contribution is -0.140. The second kappa shape index (κ2) is 8.05. The monoisotopic (exact) mass is 272 g/mol. The van der Waals surface area contributed by atoms with Crippen molar-refractivity contribution in [1.29, 1.82) is 0 Å². The molecule has 0 unspecified atom stereocenters. The number of methoxy groups -OCH3 is 1. The zero-order valence-corrected chi connectivity index (χ0v) is 11.9. The molecule has 1 aromatic heterocycles. The Morgan fingerprint density at radius 1 is 1.56 bits per heavy atom. The SMILES string of the molecule is COC(=O)CCc1csc(NCCOC(C)C)n1. The summed E-state index contributed by atoms with van der Waals surface area (Å²) >= 11 is 1.54. The van der Waals surface area contributed by atoms with Gasteiger partial charge in [-0.3, -0.25) is 4.79 Å². The Morgan fingerprint density at radius 2 is 2.33 bits per heavy atom. The highest BCUT2D eigenvalue weighted by Gasteiger charge is 2.05. The van der Waals surface area contributed by atoms with E-state index in [1.54, 1.807) is 0 Å². The predicted octanol–water partition coefficient (Wildman–Crippen LogP) is 2.09. The number of rotatable bonds is 8. The van der Waals surface area contributed by atoms with Crippen LogP contribution in [0.5, 0.6) is 0 Å². The first kappa shape index (κ1) is 14.9. The molecule has 6 heteroatoms. The molecule has 0 aliphatic rings. The Labute approximate surface area is 112 Å². The number of esters is 1. The highest BCUT2D eigenvalue weighted by molar-refractivity contribution is 7.13. The number of ether oxygens (including phenoxy) is 2. The minimum absolute atomic E-state index is 0.206. The highest BCUT2D eigenvalue weighted by atomic mass is 32.1. The van der Waals surface area contributed by atoms with Crippen LogP contribution in [0.1, 0.15) is 26.0 Å². The Balaban J connectivity index is 2.23. The van der Waals surface area contributed by atoms with E-state index in [2.05, 4.69) is 15.0 Å². The third kappa shape index (κ3) is 5.97. The predicted molar refractivity (Wildman–Crippen MR) is 72.0 cm³/mol. The van der Waals surface area contributed by atoms with Gasteiger partial charge in [0.1, 0.15) is 0 Å². The molecule has 0 saturated heterocycles. The summed E-state index contributed by atoms with van der Waals surface area (Å²) in [6, 6.07) is 0. The van der Waals surface area contributed by atoms with Gasteiger partial charge in [0, 0.05) is 18.3 Å². The first-order chi connectivity index (χ1) is 8.61. The zero-order valence-electron chi connectivity index (χ0n) is 11.1. The number of hydrogen-bond donors (Lipinski definition) is 1. The van der Waals surface area contributed by atoms with Gasteiger partial charge in [-0.05, 0) is 13.8 Å². The van der Waals surface area contributed by atoms with Crippen LogP contribution in [0.4, 0.5) is 5.13 Å². The van der Waals surface area contributed by atoms with Gasteiger partial charge in [0.25, 0.3) is 0 Å². The van der Waals surface area contributed by atoms with Crippen LogP contribution in [0, 0.1) is 0 Å². The number of thiazole rings is 1. The summed E-state index contributed by atoms with van der Waals surface area (Å²) in [6.07, 6.45) is 1.24. The number of carbonyl (C=O) groups is 1. The number of aryl methyl sites for hydroxylation is 1. The van der Waals surface area contributed by atoms with E-state index in [9.17, 15) is 4.79 Å². The zero-order chi connectivity index (χ0) is 13.4. The molecule has 102 valence electrons. The first-order valence-electron chi connectivity index (χ1n) is 5.98. The van der Waals surface area contributed by atoms with E-state index < -0.39 is 0 Å². The van der Waals surface area contributed by atoms with Gasteiger partial charge in [-0.1, -0.05) is 0 Å². The van der Waals surface area contributed by atoms with Gasteiger partial charge in [0.05, 0.1) is 31.9 Å². The molecule has 0 aliphatic heterocycles. The number of hydrogen-bond acceptors (Lipinski definition) is 6. The van der Waals surface area contributed by atoms with Crippen molar-refractivity contribution in [2.24, 2.45) is 0 Å². The average molecular weight is 272 g/mol. The summed E-state index contributed by atoms with van der Waals surface area (Å²) in [4.78, 5) is 15.4. The summed E-state index contributed by atoms with van der Waals surface area (Å²) in [7, 11) is 1.39. The smallest absolute Gasteiger partial charge is 0.305 e. The van der Waals surface area contributed by atoms with Crippen LogP contribution < -0.4 is 5.32 Å². The van der Waals surface area contributed by atoms with Crippen molar-refractivity contribution in [3.05, 3.63) is 11.1 Å². The number of nitrogens with one attached hydrogen (secondary N) is 1. The minimum Gasteiger partial charge on any atom is -0.469 e. The lowest BCUT2D eigenvalue weighted by atomic mass is 10.2. The fourth-order valence-electron chi connectivity index (χ4n) is 1.29. The van der Waals surface area contributed by atoms with E-state index in [1.807, 2.05) is 19.2 Å². The van der Waals surface area contributed by atoms with Crippen LogP contribution in [0.15, 0.2) is 5.38 Å². The third-order valence-corrected chi connectivity index (χ3v) is 3.04. The van der Waals surface area contributed by atoms with E-state index in [0.29, 0.717) is 19.4 Å². The third-order valence-electron chi connectivity index (χ3n) is 2.19. The number of anilines is 1. The van der Waals surface area contributed by atoms with Crippen molar-refractivity contribution < 1.29 is 14.3 Å². The molecule has 0 fully saturated rings. The molecule has 1 aromatic rings. The average Bonchev–Trinajstić information content (AvgIpc) is 2.79. The van der Waals surface area contributed by atoms with Crippen LogP contribution in [0.2, 0.25) is 0 Å². The fourth-order valence-corrected chi connectivity index (χ4v) is 2.06. The summed E-state index contributed by atoms with van der Waals surface area (Å²) in [5.41, 5.74) is 0.915. The fraction of sp³-hybridized carbons (Fsp3) is 0.667. The number of nitrogens with zero attached hydrogens (tertiary/aromatic N) is 1. The Bertz CT molecular complexity index is 366. The molecule has 0 radical (unpaired) electrons. The summed E-state index contributed by atoms with van der Waals surface area (Å²) in [5, 5.41) is 6.00. The van der Waals surface area contributed by atoms with Crippen LogP contribution >= 0.6 is 11.3 Å². The van der Waals surface area contributed by atoms with Crippen LogP contribution in [-0.4, -0.2) is 37.3 Å². The second-order valence-electron chi connectivity index (χ2n) is 4.07. The molecule has 0 aliphatic carbocycles. The maximum atomic E-state index is 11.0. The van der Waals surface area contributed by atoms with E-state index in [4.69, 9.17) is 4.74 Å². The van der Waals surface area contributed by atoms with Crippen molar-refractivity contribution in [3.8, 4) is 0 Å². The van der Waals surface area contributed by atoms with Crippen molar-refractivity contribution in [1.82, 2.24) is 4.98 Å². The molecule has 1 N–H and O–H groups in total. The molecule has 0 atom stereocenters. The summed E-state index contributed by atoms with van der Waals surface area (Å²) in [5.74, 6) is -0.206. The number of carbonyl (C=O) groups excluding carboxylic acids is 1. The van der Waals surface area contributed by atoms with Crippen LogP contribution in [0.25, 0.3) is 0 Å². The van der Waals surface area contributed by atoms with Crippen molar-refractivity contribution in [2.45, 2.75) is 32.8 Å². The van der Waals surface area contributed by atoms with Crippen molar-refractivity contribution in [2.75, 3.05) is 25.6 Å². The first-order valence-corrected chi connectivity index (χ1v) is 6.86. The molecular formula is C12H20N2O3S. The molecule has 0 amide bonds. The summed E-state index contributed by atoms with van der Waals surface area (Å²) < 4.78 is 10.0. The van der Waals surface area contributed by atoms with Gasteiger partial charge in [-0.15, -0.1) is 11.3 Å². The van der Waals surface area contributed by atoms with E-state index in [-0.39, 0.29) is 12.1 Å². The lowest BCUT2D eigenvalue weighted by Gasteiger charge is -2.07. The highest BCUT2D eigenvalue weighted by Crippen LogP contribution is 2.16. The minimum atomic E-state index is -0.206. The van der Waals surface area contributed by atoms with E-state index in [1.165, 1.54) is 18.4 Å². The van der Waals surface area contributed by atoms with Gasteiger partial charge in [-0.25, -0.2) is 4.98 Å². The maximum absolute atomic E-state index is 11.0. The molecule has 0 aromatic carbocycles. The van der Waals surface area contributed by atoms with Crippen LogP contribution in [-0.2, 0) is 20.7 Å². The number of aromatic nitrogens is 1. The molecule has 0 spiro atoms.